The second kappa shape index (κ2) is 7.02. The number of methoxy groups -OCH3 is 1. The van der Waals surface area contributed by atoms with Crippen LogP contribution >= 0.6 is 11.3 Å². The molecular weight excluding hydrogens is 301 g/mol. The van der Waals surface area contributed by atoms with Crippen molar-refractivity contribution in [2.75, 3.05) is 13.7 Å². The van der Waals surface area contributed by atoms with Gasteiger partial charge in [-0.3, -0.25) is 0 Å². The summed E-state index contributed by atoms with van der Waals surface area (Å²) in [5, 5.41) is 3.46. The molecule has 1 aromatic carbocycles. The predicted octanol–water partition coefficient (Wildman–Crippen LogP) is 3.48. The van der Waals surface area contributed by atoms with Gasteiger partial charge in [-0.05, 0) is 18.7 Å². The number of aromatic nitrogens is 1. The molecule has 0 bridgehead atoms. The maximum absolute atomic E-state index is 13.8. The smallest absolute Gasteiger partial charge is 0.195 e. The summed E-state index contributed by atoms with van der Waals surface area (Å²) in [6, 6.07) is 2.09. The van der Waals surface area contributed by atoms with Crippen LogP contribution in [-0.4, -0.2) is 18.6 Å². The van der Waals surface area contributed by atoms with Crippen molar-refractivity contribution in [1.82, 2.24) is 10.3 Å². The second-order valence-corrected chi connectivity index (χ2v) is 5.41. The molecule has 7 heteroatoms. The molecule has 0 aliphatic heterocycles. The van der Waals surface area contributed by atoms with Crippen LogP contribution < -0.4 is 5.32 Å². The van der Waals surface area contributed by atoms with E-state index < -0.39 is 17.5 Å². The minimum Gasteiger partial charge on any atom is -0.378 e. The topological polar surface area (TPSA) is 34.2 Å². The number of nitrogens with zero attached hydrogens (tertiary/aromatic N) is 1. The third kappa shape index (κ3) is 3.42. The number of benzene rings is 1. The van der Waals surface area contributed by atoms with Crippen molar-refractivity contribution in [2.24, 2.45) is 0 Å². The Kier molecular flexibility index (Phi) is 5.33. The highest BCUT2D eigenvalue weighted by atomic mass is 32.1. The van der Waals surface area contributed by atoms with E-state index in [1.54, 1.807) is 0 Å². The lowest BCUT2D eigenvalue weighted by Gasteiger charge is -2.01. The predicted molar refractivity (Wildman–Crippen MR) is 75.5 cm³/mol. The van der Waals surface area contributed by atoms with Crippen molar-refractivity contribution >= 4 is 11.3 Å². The van der Waals surface area contributed by atoms with Crippen LogP contribution in [0.25, 0.3) is 10.6 Å². The molecule has 0 unspecified atom stereocenters. The van der Waals surface area contributed by atoms with E-state index in [0.717, 1.165) is 17.5 Å². The minimum atomic E-state index is -1.48. The summed E-state index contributed by atoms with van der Waals surface area (Å²) in [4.78, 5) is 5.17. The van der Waals surface area contributed by atoms with Gasteiger partial charge in [0.1, 0.15) is 5.01 Å². The summed E-state index contributed by atoms with van der Waals surface area (Å²) < 4.78 is 45.2. The molecule has 3 nitrogen and oxygen atoms in total. The van der Waals surface area contributed by atoms with Gasteiger partial charge in [-0.2, -0.15) is 0 Å². The van der Waals surface area contributed by atoms with Crippen molar-refractivity contribution in [3.05, 3.63) is 40.2 Å². The first-order valence-corrected chi connectivity index (χ1v) is 7.22. The average molecular weight is 316 g/mol. The Balaban J connectivity index is 2.42. The summed E-state index contributed by atoms with van der Waals surface area (Å²) in [5.41, 5.74) is 0.626. The number of rotatable bonds is 6. The van der Waals surface area contributed by atoms with E-state index in [1.165, 1.54) is 24.5 Å². The molecule has 2 rings (SSSR count). The van der Waals surface area contributed by atoms with E-state index in [9.17, 15) is 13.2 Å². The highest BCUT2D eigenvalue weighted by Gasteiger charge is 2.19. The molecule has 0 aliphatic carbocycles. The van der Waals surface area contributed by atoms with Crippen LogP contribution in [0, 0.1) is 17.5 Å². The Labute approximate surface area is 124 Å². The first-order valence-electron chi connectivity index (χ1n) is 6.40. The molecule has 0 atom stereocenters. The summed E-state index contributed by atoms with van der Waals surface area (Å²) in [6.07, 6.45) is 0. The second-order valence-electron chi connectivity index (χ2n) is 4.33. The number of hydrogen-bond donors (Lipinski definition) is 1. The third-order valence-corrected chi connectivity index (χ3v) is 3.99. The van der Waals surface area contributed by atoms with E-state index in [2.05, 4.69) is 10.3 Å². The number of thiazole rings is 1. The molecule has 2 aromatic rings. The van der Waals surface area contributed by atoms with Gasteiger partial charge in [0, 0.05) is 24.1 Å². The highest BCUT2D eigenvalue weighted by Crippen LogP contribution is 2.32. The van der Waals surface area contributed by atoms with Gasteiger partial charge in [0.05, 0.1) is 12.3 Å². The lowest BCUT2D eigenvalue weighted by atomic mass is 10.2. The lowest BCUT2D eigenvalue weighted by Crippen LogP contribution is -2.12. The zero-order valence-electron chi connectivity index (χ0n) is 11.7. The van der Waals surface area contributed by atoms with Crippen molar-refractivity contribution in [2.45, 2.75) is 20.1 Å². The molecule has 0 saturated heterocycles. The van der Waals surface area contributed by atoms with Crippen LogP contribution in [0.15, 0.2) is 12.1 Å². The summed E-state index contributed by atoms with van der Waals surface area (Å²) in [5.74, 6) is -3.91. The molecule has 0 aliphatic rings. The van der Waals surface area contributed by atoms with Crippen LogP contribution in [0.5, 0.6) is 0 Å². The molecule has 0 radical (unpaired) electrons. The Morgan fingerprint density at radius 2 is 2.00 bits per heavy atom. The lowest BCUT2D eigenvalue weighted by molar-refractivity contribution is 0.181. The van der Waals surface area contributed by atoms with Crippen LogP contribution in [0.2, 0.25) is 0 Å². The van der Waals surface area contributed by atoms with Crippen LogP contribution in [-0.2, 0) is 17.9 Å². The van der Waals surface area contributed by atoms with E-state index in [-0.39, 0.29) is 12.2 Å². The monoisotopic (exact) mass is 316 g/mol. The standard InChI is InChI=1S/C14H15F3N2OS/c1-3-18-6-11-10(7-20-2)19-14(21-11)8-4-5-9(15)13(17)12(8)16/h4-5,18H,3,6-7H2,1-2H3. The van der Waals surface area contributed by atoms with E-state index >= 15 is 0 Å². The number of ether oxygens (including phenoxy) is 1. The molecule has 114 valence electrons. The largest absolute Gasteiger partial charge is 0.378 e. The molecule has 21 heavy (non-hydrogen) atoms. The third-order valence-electron chi connectivity index (χ3n) is 2.86. The molecule has 0 fully saturated rings. The fourth-order valence-corrected chi connectivity index (χ4v) is 2.87. The van der Waals surface area contributed by atoms with Crippen LogP contribution in [0.1, 0.15) is 17.5 Å². The quantitative estimate of drug-likeness (QED) is 0.829. The Morgan fingerprint density at radius 3 is 2.67 bits per heavy atom. The Hall–Kier alpha value is -1.44. The van der Waals surface area contributed by atoms with Gasteiger partial charge >= 0.3 is 0 Å². The zero-order chi connectivity index (χ0) is 15.4. The maximum Gasteiger partial charge on any atom is 0.195 e. The van der Waals surface area contributed by atoms with Gasteiger partial charge in [0.2, 0.25) is 0 Å². The summed E-state index contributed by atoms with van der Waals surface area (Å²) >= 11 is 1.24. The van der Waals surface area contributed by atoms with Gasteiger partial charge in [-0.25, -0.2) is 18.2 Å². The normalized spacial score (nSPS) is 11.1. The molecule has 0 saturated carbocycles. The molecule has 0 spiro atoms. The molecule has 1 heterocycles. The maximum atomic E-state index is 13.8. The SMILES string of the molecule is CCNCc1sc(-c2ccc(F)c(F)c2F)nc1COC. The highest BCUT2D eigenvalue weighted by molar-refractivity contribution is 7.15. The molecule has 1 N–H and O–H groups in total. The van der Waals surface area contributed by atoms with Crippen LogP contribution in [0.4, 0.5) is 13.2 Å². The van der Waals surface area contributed by atoms with Gasteiger partial charge in [-0.15, -0.1) is 11.3 Å². The Bertz CT molecular complexity index is 631. The first kappa shape index (κ1) is 15.9. The summed E-state index contributed by atoms with van der Waals surface area (Å²) in [7, 11) is 1.54. The van der Waals surface area contributed by atoms with Gasteiger partial charge in [0.25, 0.3) is 0 Å². The van der Waals surface area contributed by atoms with E-state index in [4.69, 9.17) is 4.74 Å². The molecule has 1 aromatic heterocycles. The minimum absolute atomic E-state index is 0.0426. The van der Waals surface area contributed by atoms with Crippen molar-refractivity contribution in [3.63, 3.8) is 0 Å². The number of halogens is 3. The van der Waals surface area contributed by atoms with Gasteiger partial charge in [-0.1, -0.05) is 6.92 Å². The van der Waals surface area contributed by atoms with Gasteiger partial charge < -0.3 is 10.1 Å². The van der Waals surface area contributed by atoms with E-state index in [0.29, 0.717) is 17.2 Å². The van der Waals surface area contributed by atoms with Crippen molar-refractivity contribution < 1.29 is 17.9 Å². The van der Waals surface area contributed by atoms with Crippen molar-refractivity contribution in [3.8, 4) is 10.6 Å². The average Bonchev–Trinajstić information content (AvgIpc) is 2.86. The van der Waals surface area contributed by atoms with Crippen LogP contribution in [0.3, 0.4) is 0 Å². The fraction of sp³-hybridized carbons (Fsp3) is 0.357. The van der Waals surface area contributed by atoms with Gasteiger partial charge in [0.15, 0.2) is 17.5 Å². The molecular formula is C14H15F3N2OS. The molecule has 0 amide bonds. The summed E-state index contributed by atoms with van der Waals surface area (Å²) in [6.45, 7) is 3.59. The Morgan fingerprint density at radius 1 is 1.24 bits per heavy atom. The zero-order valence-corrected chi connectivity index (χ0v) is 12.5. The number of nitrogens with one attached hydrogen (secondary N) is 1. The fourth-order valence-electron chi connectivity index (χ4n) is 1.82. The first-order chi connectivity index (χ1) is 10.1. The number of hydrogen-bond acceptors (Lipinski definition) is 4. The van der Waals surface area contributed by atoms with Crippen molar-refractivity contribution in [1.29, 1.82) is 0 Å². The van der Waals surface area contributed by atoms with E-state index in [1.807, 2.05) is 6.92 Å².